The fourth-order valence-corrected chi connectivity index (χ4v) is 4.84. The smallest absolute Gasteiger partial charge is 0.272 e. The van der Waals surface area contributed by atoms with E-state index in [1.165, 1.54) is 50.3 Å². The molecule has 4 aromatic rings. The molecule has 0 aliphatic carbocycles. The summed E-state index contributed by atoms with van der Waals surface area (Å²) in [4.78, 5) is 39.5. The quantitative estimate of drug-likeness (QED) is 0.128. The van der Waals surface area contributed by atoms with Gasteiger partial charge in [-0.2, -0.15) is 0 Å². The van der Waals surface area contributed by atoms with Crippen LogP contribution >= 0.6 is 23.4 Å². The second-order valence-corrected chi connectivity index (χ2v) is 10.4. The average Bonchev–Trinajstić information content (AvgIpc) is 3.01. The van der Waals surface area contributed by atoms with Crippen LogP contribution in [0.25, 0.3) is 6.08 Å². The Labute approximate surface area is 257 Å². The molecule has 4 rings (SSSR count). The maximum atomic E-state index is 14.4. The molecule has 0 saturated carbocycles. The predicted octanol–water partition coefficient (Wildman–Crippen LogP) is 6.64. The van der Waals surface area contributed by atoms with Gasteiger partial charge in [0.2, 0.25) is 5.91 Å². The van der Waals surface area contributed by atoms with E-state index >= 15 is 0 Å². The van der Waals surface area contributed by atoms with Gasteiger partial charge in [0.05, 0.1) is 30.7 Å². The summed E-state index contributed by atoms with van der Waals surface area (Å²) in [6.45, 7) is 0. The largest absolute Gasteiger partial charge is 0.495 e. The van der Waals surface area contributed by atoms with Crippen molar-refractivity contribution >= 4 is 58.5 Å². The Morgan fingerprint density at radius 3 is 2.30 bits per heavy atom. The first kappa shape index (κ1) is 31.1. The molecule has 0 radical (unpaired) electrons. The summed E-state index contributed by atoms with van der Waals surface area (Å²) in [5.74, 6) is -1.18. The molecule has 8 nitrogen and oxygen atoms in total. The monoisotopic (exact) mass is 619 g/mol. The Bertz CT molecular complexity index is 1670. The van der Waals surface area contributed by atoms with Gasteiger partial charge in [-0.1, -0.05) is 54.1 Å². The lowest BCUT2D eigenvalue weighted by Crippen LogP contribution is -2.30. The molecule has 4 aromatic carbocycles. The van der Waals surface area contributed by atoms with Gasteiger partial charge in [-0.25, -0.2) is 4.39 Å². The maximum Gasteiger partial charge on any atom is 0.272 e. The number of thioether (sulfide) groups is 1. The van der Waals surface area contributed by atoms with Gasteiger partial charge < -0.3 is 25.4 Å². The Balaban J connectivity index is 1.45. The normalized spacial score (nSPS) is 10.9. The van der Waals surface area contributed by atoms with Crippen LogP contribution in [-0.2, 0) is 9.59 Å². The average molecular weight is 620 g/mol. The first-order valence-electron chi connectivity index (χ1n) is 12.9. The number of ether oxygens (including phenoxy) is 2. The highest BCUT2D eigenvalue weighted by atomic mass is 35.5. The van der Waals surface area contributed by atoms with E-state index in [4.69, 9.17) is 21.1 Å². The molecule has 0 heterocycles. The summed E-state index contributed by atoms with van der Waals surface area (Å²) in [5.41, 5.74) is 1.12. The summed E-state index contributed by atoms with van der Waals surface area (Å²) in [6.07, 6.45) is 1.27. The summed E-state index contributed by atoms with van der Waals surface area (Å²) >= 11 is 7.43. The van der Waals surface area contributed by atoms with Gasteiger partial charge in [0, 0.05) is 27.8 Å². The lowest BCUT2D eigenvalue weighted by atomic mass is 10.1. The summed E-state index contributed by atoms with van der Waals surface area (Å²) in [7, 11) is 2.95. The zero-order chi connectivity index (χ0) is 30.8. The van der Waals surface area contributed by atoms with Gasteiger partial charge in [0.15, 0.2) is 0 Å². The Kier molecular flexibility index (Phi) is 10.8. The lowest BCUT2D eigenvalue weighted by molar-refractivity contribution is -0.114. The molecule has 43 heavy (non-hydrogen) atoms. The van der Waals surface area contributed by atoms with Crippen LogP contribution in [0.4, 0.5) is 15.8 Å². The van der Waals surface area contributed by atoms with Gasteiger partial charge in [0.1, 0.15) is 23.0 Å². The second kappa shape index (κ2) is 14.9. The zero-order valence-corrected chi connectivity index (χ0v) is 24.7. The Morgan fingerprint density at radius 2 is 1.58 bits per heavy atom. The molecule has 220 valence electrons. The Morgan fingerprint density at radius 1 is 0.860 bits per heavy atom. The van der Waals surface area contributed by atoms with E-state index in [9.17, 15) is 18.8 Å². The van der Waals surface area contributed by atoms with Gasteiger partial charge in [-0.05, 0) is 48.5 Å². The molecule has 0 fully saturated rings. The highest BCUT2D eigenvalue weighted by Crippen LogP contribution is 2.36. The van der Waals surface area contributed by atoms with Crippen molar-refractivity contribution in [2.24, 2.45) is 0 Å². The number of carbonyl (C=O) groups is 3. The molecule has 0 aliphatic rings. The fourth-order valence-electron chi connectivity index (χ4n) is 3.85. The minimum absolute atomic E-state index is 0.0514. The number of halogens is 2. The summed E-state index contributed by atoms with van der Waals surface area (Å²) < 4.78 is 24.9. The minimum Gasteiger partial charge on any atom is -0.495 e. The van der Waals surface area contributed by atoms with Gasteiger partial charge >= 0.3 is 0 Å². The van der Waals surface area contributed by atoms with E-state index in [1.807, 2.05) is 0 Å². The van der Waals surface area contributed by atoms with E-state index in [1.54, 1.807) is 72.8 Å². The third-order valence-corrected chi connectivity index (χ3v) is 7.23. The third kappa shape index (κ3) is 8.60. The number of hydrogen-bond acceptors (Lipinski definition) is 6. The van der Waals surface area contributed by atoms with Crippen LogP contribution in [0.15, 0.2) is 102 Å². The maximum absolute atomic E-state index is 14.4. The first-order valence-corrected chi connectivity index (χ1v) is 14.2. The highest BCUT2D eigenvalue weighted by molar-refractivity contribution is 8.00. The number of methoxy groups -OCH3 is 2. The molecule has 11 heteroatoms. The number of nitrogens with one attached hydrogen (secondary N) is 3. The number of amides is 3. The van der Waals surface area contributed by atoms with Crippen LogP contribution in [0, 0.1) is 5.82 Å². The third-order valence-electron chi connectivity index (χ3n) is 5.94. The van der Waals surface area contributed by atoms with Gasteiger partial charge in [0.25, 0.3) is 11.8 Å². The van der Waals surface area contributed by atoms with Crippen molar-refractivity contribution in [3.63, 3.8) is 0 Å². The molecule has 0 aromatic heterocycles. The molecule has 0 saturated heterocycles. The Hall–Kier alpha value is -4.80. The molecule has 0 atom stereocenters. The molecule has 3 amide bonds. The lowest BCUT2D eigenvalue weighted by Gasteiger charge is -2.13. The molecule has 0 aliphatic heterocycles. The van der Waals surface area contributed by atoms with Crippen LogP contribution in [0.5, 0.6) is 11.5 Å². The van der Waals surface area contributed by atoms with Crippen molar-refractivity contribution in [2.75, 3.05) is 30.6 Å². The van der Waals surface area contributed by atoms with Crippen molar-refractivity contribution in [1.29, 1.82) is 0 Å². The van der Waals surface area contributed by atoms with Crippen molar-refractivity contribution in [2.45, 2.75) is 4.90 Å². The van der Waals surface area contributed by atoms with E-state index in [2.05, 4.69) is 16.0 Å². The van der Waals surface area contributed by atoms with Gasteiger partial charge in [-0.3, -0.25) is 14.4 Å². The molecular formula is C32H27ClFN3O5S. The molecule has 0 bridgehead atoms. The standard InChI is InChI=1S/C32H27ClFN3O5S/c1-41-28-18-29(42-2)26(17-24(28)33)36-30(38)19-43-23-13-8-12-22(16-23)35-32(40)27(15-21-11-6-7-14-25(21)34)37-31(39)20-9-4-3-5-10-20/h3-18H,19H2,1-2H3,(H,35,40)(H,36,38)(H,37,39)/b27-15-. The predicted molar refractivity (Wildman–Crippen MR) is 167 cm³/mol. The van der Waals surface area contributed by atoms with Crippen LogP contribution < -0.4 is 25.4 Å². The first-order chi connectivity index (χ1) is 20.8. The molecular weight excluding hydrogens is 593 g/mol. The SMILES string of the molecule is COc1cc(OC)c(NC(=O)CSc2cccc(NC(=O)/C(=C/c3ccccc3F)NC(=O)c3ccccc3)c2)cc1Cl. The molecule has 3 N–H and O–H groups in total. The van der Waals surface area contributed by atoms with Crippen molar-refractivity contribution in [1.82, 2.24) is 5.32 Å². The van der Waals surface area contributed by atoms with Crippen molar-refractivity contribution < 1.29 is 28.2 Å². The minimum atomic E-state index is -0.657. The number of carbonyl (C=O) groups excluding carboxylic acids is 3. The molecule has 0 spiro atoms. The second-order valence-electron chi connectivity index (χ2n) is 8.91. The van der Waals surface area contributed by atoms with Crippen LogP contribution in [0.3, 0.4) is 0 Å². The van der Waals surface area contributed by atoms with E-state index < -0.39 is 17.6 Å². The summed E-state index contributed by atoms with van der Waals surface area (Å²) in [5, 5.41) is 8.41. The van der Waals surface area contributed by atoms with E-state index in [-0.39, 0.29) is 22.9 Å². The highest BCUT2D eigenvalue weighted by Gasteiger charge is 2.17. The van der Waals surface area contributed by atoms with Crippen LogP contribution in [-0.4, -0.2) is 37.7 Å². The van der Waals surface area contributed by atoms with Crippen LogP contribution in [0.1, 0.15) is 15.9 Å². The zero-order valence-electron chi connectivity index (χ0n) is 23.2. The fraction of sp³-hybridized carbons (Fsp3) is 0.0938. The van der Waals surface area contributed by atoms with Crippen molar-refractivity contribution in [3.8, 4) is 11.5 Å². The van der Waals surface area contributed by atoms with E-state index in [0.29, 0.717) is 38.4 Å². The summed E-state index contributed by atoms with van der Waals surface area (Å²) in [6, 6.07) is 24.2. The number of rotatable bonds is 11. The topological polar surface area (TPSA) is 106 Å². The number of benzene rings is 4. The van der Waals surface area contributed by atoms with Crippen LogP contribution in [0.2, 0.25) is 5.02 Å². The molecule has 0 unspecified atom stereocenters. The van der Waals surface area contributed by atoms with Crippen molar-refractivity contribution in [3.05, 3.63) is 119 Å². The number of hydrogen-bond donors (Lipinski definition) is 3. The number of anilines is 2. The van der Waals surface area contributed by atoms with E-state index in [0.717, 1.165) is 0 Å². The van der Waals surface area contributed by atoms with Gasteiger partial charge in [-0.15, -0.1) is 11.8 Å².